The van der Waals surface area contributed by atoms with Gasteiger partial charge in [-0.25, -0.2) is 10.2 Å². The molecule has 0 aliphatic carbocycles. The number of rotatable bonds is 10. The van der Waals surface area contributed by atoms with Crippen LogP contribution in [0, 0.1) is 6.92 Å². The Morgan fingerprint density at radius 2 is 1.50 bits per heavy atom. The number of hydrazone groups is 1. The van der Waals surface area contributed by atoms with Crippen LogP contribution in [0.2, 0.25) is 0 Å². The first-order valence-electron chi connectivity index (χ1n) is 12.2. The maximum absolute atomic E-state index is 12.8. The summed E-state index contributed by atoms with van der Waals surface area (Å²) in [6, 6.07) is 24.7. The van der Waals surface area contributed by atoms with E-state index in [2.05, 4.69) is 26.5 Å². The zero-order chi connectivity index (χ0) is 28.5. The monoisotopic (exact) mass is 602 g/mol. The first-order valence-corrected chi connectivity index (χ1v) is 13.0. The van der Waals surface area contributed by atoms with E-state index in [1.165, 1.54) is 32.1 Å². The molecule has 0 saturated carbocycles. The molecule has 4 aromatic rings. The second-order valence-corrected chi connectivity index (χ2v) is 9.55. The minimum Gasteiger partial charge on any atom is -0.493 e. The molecule has 0 aromatic heterocycles. The second-order valence-electron chi connectivity index (χ2n) is 8.64. The fraction of sp³-hybridized carbons (Fsp3) is 0.129. The maximum atomic E-state index is 12.8. The Bertz CT molecular complexity index is 1520. The summed E-state index contributed by atoms with van der Waals surface area (Å²) in [6.45, 7) is 2.47. The largest absolute Gasteiger partial charge is 0.493 e. The van der Waals surface area contributed by atoms with E-state index >= 15 is 0 Å². The minimum atomic E-state index is -0.591. The van der Waals surface area contributed by atoms with Gasteiger partial charge in [0.05, 0.1) is 26.0 Å². The number of halogens is 1. The lowest BCUT2D eigenvalue weighted by Gasteiger charge is -2.11. The van der Waals surface area contributed by atoms with E-state index in [-0.39, 0.29) is 11.3 Å². The number of ether oxygens (including phenoxy) is 4. The summed E-state index contributed by atoms with van der Waals surface area (Å²) in [5, 5.41) is 4.05. The number of hydrogen-bond donors (Lipinski definition) is 1. The Morgan fingerprint density at radius 3 is 2.20 bits per heavy atom. The summed E-state index contributed by atoms with van der Waals surface area (Å²) in [7, 11) is 3.00. The van der Waals surface area contributed by atoms with Gasteiger partial charge in [-0.3, -0.25) is 4.79 Å². The number of amides is 1. The van der Waals surface area contributed by atoms with Gasteiger partial charge in [0.1, 0.15) is 18.1 Å². The van der Waals surface area contributed by atoms with Crippen LogP contribution in [-0.2, 0) is 6.61 Å². The van der Waals surface area contributed by atoms with Gasteiger partial charge in [0.15, 0.2) is 11.5 Å². The van der Waals surface area contributed by atoms with Gasteiger partial charge in [-0.1, -0.05) is 45.8 Å². The SMILES string of the molecule is COc1ccc(C(=O)Oc2ccc(Br)cc2/C=N/NC(=O)c2ccc(OCc3ccc(C)cc3)cc2)cc1OC. The van der Waals surface area contributed by atoms with E-state index < -0.39 is 11.9 Å². The lowest BCUT2D eigenvalue weighted by atomic mass is 10.2. The van der Waals surface area contributed by atoms with Crippen LogP contribution in [0.25, 0.3) is 0 Å². The molecule has 4 rings (SSSR count). The van der Waals surface area contributed by atoms with Crippen LogP contribution in [-0.4, -0.2) is 32.3 Å². The highest BCUT2D eigenvalue weighted by atomic mass is 79.9. The Morgan fingerprint density at radius 1 is 0.825 bits per heavy atom. The number of nitrogens with one attached hydrogen (secondary N) is 1. The molecule has 0 aliphatic rings. The van der Waals surface area contributed by atoms with Crippen molar-refractivity contribution in [1.29, 1.82) is 0 Å². The summed E-state index contributed by atoms with van der Waals surface area (Å²) in [4.78, 5) is 25.4. The first-order chi connectivity index (χ1) is 19.4. The van der Waals surface area contributed by atoms with Crippen molar-refractivity contribution in [2.45, 2.75) is 13.5 Å². The Hall–Kier alpha value is -4.63. The van der Waals surface area contributed by atoms with Crippen molar-refractivity contribution >= 4 is 34.0 Å². The zero-order valence-corrected chi connectivity index (χ0v) is 23.7. The summed E-state index contributed by atoms with van der Waals surface area (Å²) < 4.78 is 22.6. The molecule has 0 heterocycles. The zero-order valence-electron chi connectivity index (χ0n) is 22.1. The van der Waals surface area contributed by atoms with Crippen LogP contribution < -0.4 is 24.4 Å². The molecule has 1 amide bonds. The summed E-state index contributed by atoms with van der Waals surface area (Å²) >= 11 is 3.41. The van der Waals surface area contributed by atoms with E-state index in [9.17, 15) is 9.59 Å². The number of carbonyl (C=O) groups is 2. The molecule has 0 fully saturated rings. The van der Waals surface area contributed by atoms with Crippen LogP contribution in [0.4, 0.5) is 0 Å². The molecule has 0 saturated heterocycles. The molecule has 4 aromatic carbocycles. The highest BCUT2D eigenvalue weighted by Gasteiger charge is 2.15. The van der Waals surface area contributed by atoms with E-state index in [1.54, 1.807) is 54.6 Å². The Labute approximate surface area is 240 Å². The van der Waals surface area contributed by atoms with Crippen LogP contribution >= 0.6 is 15.9 Å². The van der Waals surface area contributed by atoms with E-state index in [0.29, 0.717) is 35.0 Å². The maximum Gasteiger partial charge on any atom is 0.343 e. The first kappa shape index (κ1) is 28.4. The molecule has 0 bridgehead atoms. The van der Waals surface area contributed by atoms with Crippen molar-refractivity contribution in [1.82, 2.24) is 5.43 Å². The number of carbonyl (C=O) groups excluding carboxylic acids is 2. The summed E-state index contributed by atoms with van der Waals surface area (Å²) in [5.74, 6) is 0.817. The molecule has 0 unspecified atom stereocenters. The molecule has 0 radical (unpaired) electrons. The third-order valence-corrected chi connectivity index (χ3v) is 6.30. The van der Waals surface area contributed by atoms with E-state index in [0.717, 1.165) is 10.0 Å². The van der Waals surface area contributed by atoms with Crippen molar-refractivity contribution in [3.63, 3.8) is 0 Å². The molecule has 0 spiro atoms. The molecule has 9 heteroatoms. The lowest BCUT2D eigenvalue weighted by molar-refractivity contribution is 0.0733. The van der Waals surface area contributed by atoms with Crippen molar-refractivity contribution in [3.05, 3.63) is 117 Å². The molecule has 0 atom stereocenters. The fourth-order valence-electron chi connectivity index (χ4n) is 3.61. The predicted octanol–water partition coefficient (Wildman–Crippen LogP) is 6.34. The number of nitrogens with zero attached hydrogens (tertiary/aromatic N) is 1. The van der Waals surface area contributed by atoms with Crippen molar-refractivity contribution in [2.24, 2.45) is 5.10 Å². The van der Waals surface area contributed by atoms with Gasteiger partial charge in [-0.15, -0.1) is 0 Å². The van der Waals surface area contributed by atoms with Gasteiger partial charge in [-0.2, -0.15) is 5.10 Å². The van der Waals surface area contributed by atoms with Gasteiger partial charge in [0.2, 0.25) is 0 Å². The molecule has 204 valence electrons. The van der Waals surface area contributed by atoms with Gasteiger partial charge >= 0.3 is 5.97 Å². The third-order valence-electron chi connectivity index (χ3n) is 5.81. The number of aryl methyl sites for hydroxylation is 1. The molecular formula is C31H27BrN2O6. The van der Waals surface area contributed by atoms with Gasteiger partial charge < -0.3 is 18.9 Å². The average Bonchev–Trinajstić information content (AvgIpc) is 2.98. The lowest BCUT2D eigenvalue weighted by Crippen LogP contribution is -2.17. The second kappa shape index (κ2) is 13.4. The molecule has 0 aliphatic heterocycles. The molecule has 1 N–H and O–H groups in total. The highest BCUT2D eigenvalue weighted by Crippen LogP contribution is 2.29. The van der Waals surface area contributed by atoms with Crippen LogP contribution in [0.15, 0.2) is 94.5 Å². The van der Waals surface area contributed by atoms with Crippen molar-refractivity contribution in [2.75, 3.05) is 14.2 Å². The number of benzene rings is 4. The highest BCUT2D eigenvalue weighted by molar-refractivity contribution is 9.10. The normalized spacial score (nSPS) is 10.7. The smallest absolute Gasteiger partial charge is 0.343 e. The topological polar surface area (TPSA) is 95.5 Å². The predicted molar refractivity (Wildman–Crippen MR) is 156 cm³/mol. The van der Waals surface area contributed by atoms with Gasteiger partial charge in [0, 0.05) is 15.6 Å². The van der Waals surface area contributed by atoms with Gasteiger partial charge in [-0.05, 0) is 73.2 Å². The number of hydrogen-bond acceptors (Lipinski definition) is 7. The van der Waals surface area contributed by atoms with E-state index in [1.807, 2.05) is 31.2 Å². The number of methoxy groups -OCH3 is 2. The van der Waals surface area contributed by atoms with Gasteiger partial charge in [0.25, 0.3) is 5.91 Å². The third kappa shape index (κ3) is 7.48. The Kier molecular flexibility index (Phi) is 9.53. The fourth-order valence-corrected chi connectivity index (χ4v) is 3.99. The van der Waals surface area contributed by atoms with E-state index in [4.69, 9.17) is 18.9 Å². The summed E-state index contributed by atoms with van der Waals surface area (Å²) in [5.41, 5.74) is 5.91. The quantitative estimate of drug-likeness (QED) is 0.0985. The molecular weight excluding hydrogens is 576 g/mol. The average molecular weight is 603 g/mol. The molecule has 40 heavy (non-hydrogen) atoms. The van der Waals surface area contributed by atoms with Crippen LogP contribution in [0.3, 0.4) is 0 Å². The number of esters is 1. The van der Waals surface area contributed by atoms with Crippen molar-refractivity contribution < 1.29 is 28.5 Å². The van der Waals surface area contributed by atoms with Crippen molar-refractivity contribution in [3.8, 4) is 23.0 Å². The molecule has 8 nitrogen and oxygen atoms in total. The summed E-state index contributed by atoms with van der Waals surface area (Å²) in [6.07, 6.45) is 1.40. The van der Waals surface area contributed by atoms with Crippen LogP contribution in [0.5, 0.6) is 23.0 Å². The minimum absolute atomic E-state index is 0.260. The standard InChI is InChI=1S/C31H27BrN2O6/c1-20-4-6-21(7-5-20)19-39-26-12-8-22(9-13-26)30(35)34-33-18-24-16-25(32)11-15-27(24)40-31(36)23-10-14-28(37-2)29(17-23)38-3/h4-18H,19H2,1-3H3,(H,34,35)/b33-18+. The Balaban J connectivity index is 1.38. The van der Waals surface area contributed by atoms with Crippen LogP contribution in [0.1, 0.15) is 37.4 Å².